The molecular formula is C14H16N4O2. The summed E-state index contributed by atoms with van der Waals surface area (Å²) in [6, 6.07) is 6.78. The van der Waals surface area contributed by atoms with Crippen LogP contribution in [0.1, 0.15) is 17.0 Å². The first-order chi connectivity index (χ1) is 9.58. The fraction of sp³-hybridized carbons (Fsp3) is 0.214. The maximum Gasteiger partial charge on any atom is 0.243 e. The summed E-state index contributed by atoms with van der Waals surface area (Å²) in [6.45, 7) is 3.77. The quantitative estimate of drug-likeness (QED) is 0.659. The molecule has 1 heterocycles. The molecule has 104 valence electrons. The second-order valence-corrected chi connectivity index (χ2v) is 4.27. The maximum atomic E-state index is 9.71. The predicted molar refractivity (Wildman–Crippen MR) is 77.4 cm³/mol. The molecule has 0 aliphatic rings. The van der Waals surface area contributed by atoms with Gasteiger partial charge in [0.25, 0.3) is 0 Å². The van der Waals surface area contributed by atoms with Gasteiger partial charge in [0.15, 0.2) is 0 Å². The summed E-state index contributed by atoms with van der Waals surface area (Å²) in [6.07, 6.45) is 1.48. The van der Waals surface area contributed by atoms with Gasteiger partial charge >= 0.3 is 0 Å². The summed E-state index contributed by atoms with van der Waals surface area (Å²) < 4.78 is 5.09. The van der Waals surface area contributed by atoms with Crippen molar-refractivity contribution < 1.29 is 9.84 Å². The van der Waals surface area contributed by atoms with Crippen LogP contribution in [0.2, 0.25) is 0 Å². The van der Waals surface area contributed by atoms with Crippen LogP contribution in [0.25, 0.3) is 0 Å². The van der Waals surface area contributed by atoms with Gasteiger partial charge in [-0.2, -0.15) is 5.10 Å². The summed E-state index contributed by atoms with van der Waals surface area (Å²) in [4.78, 5) is 8.40. The number of benzene rings is 1. The Bertz CT molecular complexity index is 621. The van der Waals surface area contributed by atoms with Crippen molar-refractivity contribution in [1.82, 2.24) is 9.97 Å². The van der Waals surface area contributed by atoms with Crippen LogP contribution < -0.4 is 10.2 Å². The Morgan fingerprint density at radius 3 is 2.55 bits per heavy atom. The number of ether oxygens (including phenoxy) is 1. The number of hydrogen-bond acceptors (Lipinski definition) is 6. The molecule has 0 radical (unpaired) electrons. The number of phenols is 1. The Morgan fingerprint density at radius 2 is 1.90 bits per heavy atom. The van der Waals surface area contributed by atoms with Crippen LogP contribution in [0, 0.1) is 13.8 Å². The fourth-order valence-corrected chi connectivity index (χ4v) is 1.70. The number of aromatic hydroxyl groups is 1. The van der Waals surface area contributed by atoms with Crippen molar-refractivity contribution in [3.8, 4) is 11.5 Å². The first-order valence-electron chi connectivity index (χ1n) is 6.07. The minimum Gasteiger partial charge on any atom is -0.507 e. The van der Waals surface area contributed by atoms with Gasteiger partial charge in [-0.25, -0.2) is 15.4 Å². The minimum atomic E-state index is 0.123. The van der Waals surface area contributed by atoms with Gasteiger partial charge in [0, 0.05) is 17.0 Å². The van der Waals surface area contributed by atoms with Crippen molar-refractivity contribution in [3.63, 3.8) is 0 Å². The van der Waals surface area contributed by atoms with Crippen LogP contribution in [-0.2, 0) is 0 Å². The number of phenolic OH excluding ortho intramolecular Hbond substituents is 1. The largest absolute Gasteiger partial charge is 0.507 e. The molecule has 0 aliphatic heterocycles. The van der Waals surface area contributed by atoms with E-state index in [4.69, 9.17) is 4.74 Å². The van der Waals surface area contributed by atoms with Gasteiger partial charge in [0.1, 0.15) is 11.5 Å². The Balaban J connectivity index is 2.13. The van der Waals surface area contributed by atoms with Crippen molar-refractivity contribution in [2.75, 3.05) is 12.5 Å². The second-order valence-electron chi connectivity index (χ2n) is 4.27. The zero-order valence-electron chi connectivity index (χ0n) is 11.6. The van der Waals surface area contributed by atoms with Gasteiger partial charge in [-0.05, 0) is 38.1 Å². The molecule has 2 rings (SSSR count). The Kier molecular flexibility index (Phi) is 4.14. The molecule has 0 atom stereocenters. The topological polar surface area (TPSA) is 79.6 Å². The zero-order chi connectivity index (χ0) is 14.5. The third kappa shape index (κ3) is 3.44. The van der Waals surface area contributed by atoms with Crippen molar-refractivity contribution >= 4 is 12.2 Å². The molecule has 1 aromatic heterocycles. The van der Waals surface area contributed by atoms with E-state index in [1.165, 1.54) is 6.21 Å². The van der Waals surface area contributed by atoms with Crippen molar-refractivity contribution in [2.24, 2.45) is 5.10 Å². The van der Waals surface area contributed by atoms with E-state index in [2.05, 4.69) is 20.5 Å². The number of rotatable bonds is 4. The average molecular weight is 272 g/mol. The molecule has 0 saturated heterocycles. The van der Waals surface area contributed by atoms with Gasteiger partial charge in [-0.3, -0.25) is 0 Å². The molecule has 0 unspecified atom stereocenters. The van der Waals surface area contributed by atoms with Crippen molar-refractivity contribution in [1.29, 1.82) is 0 Å². The first-order valence-corrected chi connectivity index (χ1v) is 6.07. The lowest BCUT2D eigenvalue weighted by molar-refractivity contribution is 0.412. The molecule has 0 aliphatic carbocycles. The fourth-order valence-electron chi connectivity index (χ4n) is 1.70. The predicted octanol–water partition coefficient (Wildman–Crippen LogP) is 2.25. The summed E-state index contributed by atoms with van der Waals surface area (Å²) >= 11 is 0. The highest BCUT2D eigenvalue weighted by Crippen LogP contribution is 2.21. The molecule has 0 saturated carbocycles. The van der Waals surface area contributed by atoms with Crippen LogP contribution in [0.5, 0.6) is 11.5 Å². The monoisotopic (exact) mass is 272 g/mol. The second kappa shape index (κ2) is 6.01. The molecule has 0 spiro atoms. The van der Waals surface area contributed by atoms with Gasteiger partial charge in [-0.1, -0.05) is 0 Å². The van der Waals surface area contributed by atoms with Crippen LogP contribution in [0.4, 0.5) is 5.95 Å². The molecule has 1 aromatic carbocycles. The number of nitrogens with one attached hydrogen (secondary N) is 1. The molecule has 2 N–H and O–H groups in total. The van der Waals surface area contributed by atoms with Crippen LogP contribution in [0.15, 0.2) is 29.4 Å². The van der Waals surface area contributed by atoms with E-state index in [0.29, 0.717) is 17.3 Å². The van der Waals surface area contributed by atoms with E-state index in [0.717, 1.165) is 11.4 Å². The third-order valence-electron chi connectivity index (χ3n) is 2.59. The summed E-state index contributed by atoms with van der Waals surface area (Å²) in [5.74, 6) is 1.19. The summed E-state index contributed by atoms with van der Waals surface area (Å²) in [5, 5.41) is 13.7. The lowest BCUT2D eigenvalue weighted by Crippen LogP contribution is -1.99. The lowest BCUT2D eigenvalue weighted by Gasteiger charge is -2.04. The number of aromatic nitrogens is 2. The number of anilines is 1. The Hall–Kier alpha value is -2.63. The normalized spacial score (nSPS) is 10.8. The highest BCUT2D eigenvalue weighted by molar-refractivity contribution is 5.84. The van der Waals surface area contributed by atoms with Crippen LogP contribution in [-0.4, -0.2) is 28.4 Å². The number of methoxy groups -OCH3 is 1. The Morgan fingerprint density at radius 1 is 1.20 bits per heavy atom. The molecule has 2 aromatic rings. The number of hydrazone groups is 1. The third-order valence-corrected chi connectivity index (χ3v) is 2.59. The first kappa shape index (κ1) is 13.8. The molecule has 0 fully saturated rings. The molecule has 6 nitrogen and oxygen atoms in total. The van der Waals surface area contributed by atoms with Gasteiger partial charge in [-0.15, -0.1) is 0 Å². The average Bonchev–Trinajstić information content (AvgIpc) is 2.40. The summed E-state index contributed by atoms with van der Waals surface area (Å²) in [5.41, 5.74) is 5.00. The molecule has 0 bridgehead atoms. The zero-order valence-corrected chi connectivity index (χ0v) is 11.6. The Labute approximate surface area is 117 Å². The van der Waals surface area contributed by atoms with E-state index < -0.39 is 0 Å². The van der Waals surface area contributed by atoms with Crippen molar-refractivity contribution in [2.45, 2.75) is 13.8 Å². The number of aryl methyl sites for hydroxylation is 2. The lowest BCUT2D eigenvalue weighted by atomic mass is 10.2. The van der Waals surface area contributed by atoms with E-state index in [1.54, 1.807) is 25.3 Å². The SMILES string of the molecule is COc1ccc(O)c(/C=N\Nc2nc(C)cc(C)n2)c1. The van der Waals surface area contributed by atoms with E-state index >= 15 is 0 Å². The van der Waals surface area contributed by atoms with Gasteiger partial charge in [0.05, 0.1) is 13.3 Å². The van der Waals surface area contributed by atoms with E-state index in [-0.39, 0.29) is 5.75 Å². The number of hydrogen-bond donors (Lipinski definition) is 2. The van der Waals surface area contributed by atoms with Gasteiger partial charge in [0.2, 0.25) is 5.95 Å². The maximum absolute atomic E-state index is 9.71. The molecule has 6 heteroatoms. The van der Waals surface area contributed by atoms with E-state index in [1.807, 2.05) is 19.9 Å². The highest BCUT2D eigenvalue weighted by atomic mass is 16.5. The minimum absolute atomic E-state index is 0.123. The van der Waals surface area contributed by atoms with E-state index in [9.17, 15) is 5.11 Å². The van der Waals surface area contributed by atoms with Gasteiger partial charge < -0.3 is 9.84 Å². The standard InChI is InChI=1S/C14H16N4O2/c1-9-6-10(2)17-14(16-9)18-15-8-11-7-12(20-3)4-5-13(11)19/h4-8,19H,1-3H3,(H,16,17,18)/b15-8-. The highest BCUT2D eigenvalue weighted by Gasteiger charge is 2.01. The molecule has 20 heavy (non-hydrogen) atoms. The molecule has 0 amide bonds. The van der Waals surface area contributed by atoms with Crippen molar-refractivity contribution in [3.05, 3.63) is 41.2 Å². The van der Waals surface area contributed by atoms with Crippen LogP contribution in [0.3, 0.4) is 0 Å². The van der Waals surface area contributed by atoms with Crippen LogP contribution >= 0.6 is 0 Å². The molecular weight excluding hydrogens is 256 g/mol. The number of nitrogens with zero attached hydrogens (tertiary/aromatic N) is 3. The smallest absolute Gasteiger partial charge is 0.243 e. The summed E-state index contributed by atoms with van der Waals surface area (Å²) in [7, 11) is 1.56.